The van der Waals surface area contributed by atoms with Gasteiger partial charge in [-0.15, -0.1) is 6.58 Å². The Morgan fingerprint density at radius 3 is 2.93 bits per heavy atom. The maximum absolute atomic E-state index is 12.6. The molecule has 1 aromatic rings. The molecule has 2 atom stereocenters. The molecule has 3 nitrogen and oxygen atoms in total. The smallest absolute Gasteiger partial charge is 0.236 e. The lowest BCUT2D eigenvalue weighted by Gasteiger charge is -2.27. The fourth-order valence-corrected chi connectivity index (χ4v) is 3.71. The first-order valence-electron chi connectivity index (χ1n) is 11.1. The lowest BCUT2D eigenvalue weighted by Crippen LogP contribution is -2.28. The van der Waals surface area contributed by atoms with Crippen LogP contribution in [0.2, 0.25) is 0 Å². The number of rotatable bonds is 11. The molecule has 0 radical (unpaired) electrons. The number of aryl methyl sites for hydroxylation is 1. The van der Waals surface area contributed by atoms with Gasteiger partial charge in [0.05, 0.1) is 6.10 Å². The Hall–Kier alpha value is -1.89. The zero-order valence-corrected chi connectivity index (χ0v) is 18.2. The van der Waals surface area contributed by atoms with E-state index in [1.807, 2.05) is 31.2 Å². The molecule has 0 spiro atoms. The molecule has 1 fully saturated rings. The van der Waals surface area contributed by atoms with Gasteiger partial charge in [-0.1, -0.05) is 56.4 Å². The van der Waals surface area contributed by atoms with Crippen LogP contribution in [-0.4, -0.2) is 24.8 Å². The van der Waals surface area contributed by atoms with Crippen molar-refractivity contribution < 1.29 is 14.3 Å². The van der Waals surface area contributed by atoms with Crippen molar-refractivity contribution in [2.75, 3.05) is 6.61 Å². The van der Waals surface area contributed by atoms with Gasteiger partial charge in [-0.3, -0.25) is 4.79 Å². The predicted octanol–water partition coefficient (Wildman–Crippen LogP) is 6.18. The first-order valence-corrected chi connectivity index (χ1v) is 11.1. The number of ketones is 1. The second-order valence-electron chi connectivity index (χ2n) is 7.81. The molecular formula is C26H36O3. The Morgan fingerprint density at radius 1 is 1.34 bits per heavy atom. The van der Waals surface area contributed by atoms with E-state index in [1.54, 1.807) is 0 Å². The highest BCUT2D eigenvalue weighted by atomic mass is 16.7. The van der Waals surface area contributed by atoms with Gasteiger partial charge in [-0.2, -0.15) is 0 Å². The first kappa shape index (κ1) is 23.4. The lowest BCUT2D eigenvalue weighted by molar-refractivity contribution is -0.190. The molecule has 0 N–H and O–H groups in total. The standard InChI is InChI=1S/C26H36O3/c1-4-6-7-15-22(29-26-19-10-11-20-28-26)16-8-9-18-25(27)24-17-12-14-21(3)23(24)13-5-2/h5,12,14,17,22,26H,2,4,6-8,10-11,13,15-16,19-20H2,1,3H3. The minimum absolute atomic E-state index is 0.0706. The summed E-state index contributed by atoms with van der Waals surface area (Å²) < 4.78 is 12.0. The van der Waals surface area contributed by atoms with E-state index in [-0.39, 0.29) is 18.2 Å². The first-order chi connectivity index (χ1) is 14.2. The van der Waals surface area contributed by atoms with Crippen molar-refractivity contribution in [1.29, 1.82) is 0 Å². The molecule has 1 saturated heterocycles. The Labute approximate surface area is 176 Å². The molecule has 0 aromatic heterocycles. The normalized spacial score (nSPS) is 17.2. The van der Waals surface area contributed by atoms with Crippen LogP contribution in [0.3, 0.4) is 0 Å². The van der Waals surface area contributed by atoms with Gasteiger partial charge in [0.25, 0.3) is 0 Å². The van der Waals surface area contributed by atoms with Gasteiger partial charge in [0.15, 0.2) is 6.29 Å². The largest absolute Gasteiger partial charge is 0.353 e. The van der Waals surface area contributed by atoms with Crippen LogP contribution in [-0.2, 0) is 15.9 Å². The zero-order valence-electron chi connectivity index (χ0n) is 18.2. The molecule has 2 rings (SSSR count). The van der Waals surface area contributed by atoms with Gasteiger partial charge >= 0.3 is 0 Å². The molecule has 1 aliphatic rings. The minimum atomic E-state index is -0.107. The van der Waals surface area contributed by atoms with Gasteiger partial charge in [0, 0.05) is 18.6 Å². The molecule has 0 aliphatic carbocycles. The van der Waals surface area contributed by atoms with E-state index in [4.69, 9.17) is 9.47 Å². The summed E-state index contributed by atoms with van der Waals surface area (Å²) in [7, 11) is 0. The summed E-state index contributed by atoms with van der Waals surface area (Å²) in [4.78, 5) is 12.6. The highest BCUT2D eigenvalue weighted by molar-refractivity contribution is 6.10. The average molecular weight is 397 g/mol. The maximum atomic E-state index is 12.6. The molecule has 0 amide bonds. The molecule has 0 saturated carbocycles. The van der Waals surface area contributed by atoms with E-state index >= 15 is 0 Å². The van der Waals surface area contributed by atoms with E-state index in [0.29, 0.717) is 18.4 Å². The molecule has 3 heteroatoms. The Kier molecular flexibility index (Phi) is 10.8. The van der Waals surface area contributed by atoms with Crippen LogP contribution in [0.1, 0.15) is 86.2 Å². The third kappa shape index (κ3) is 8.17. The lowest BCUT2D eigenvalue weighted by atomic mass is 9.96. The fourth-order valence-electron chi connectivity index (χ4n) is 3.71. The second kappa shape index (κ2) is 13.4. The molecule has 2 unspecified atom stereocenters. The van der Waals surface area contributed by atoms with E-state index < -0.39 is 0 Å². The summed E-state index contributed by atoms with van der Waals surface area (Å²) in [5, 5.41) is 0. The van der Waals surface area contributed by atoms with Gasteiger partial charge in [-0.25, -0.2) is 0 Å². The Balaban J connectivity index is 1.92. The summed E-state index contributed by atoms with van der Waals surface area (Å²) in [6.45, 7) is 8.83. The van der Waals surface area contributed by atoms with Crippen LogP contribution in [0, 0.1) is 18.8 Å². The van der Waals surface area contributed by atoms with Gasteiger partial charge in [0.2, 0.25) is 5.78 Å². The SMILES string of the molecule is C=CCc1c(C)cccc1C(=O)C#CCCC(CCCCC)OC1CCCCO1. The van der Waals surface area contributed by atoms with Crippen LogP contribution in [0.25, 0.3) is 0 Å². The second-order valence-corrected chi connectivity index (χ2v) is 7.81. The summed E-state index contributed by atoms with van der Waals surface area (Å²) in [6, 6.07) is 5.80. The topological polar surface area (TPSA) is 35.5 Å². The highest BCUT2D eigenvalue weighted by Gasteiger charge is 2.19. The molecular weight excluding hydrogens is 360 g/mol. The Bertz CT molecular complexity index is 704. The van der Waals surface area contributed by atoms with Gasteiger partial charge in [-0.05, 0) is 62.5 Å². The monoisotopic (exact) mass is 396 g/mol. The number of hydrogen-bond acceptors (Lipinski definition) is 3. The van der Waals surface area contributed by atoms with Crippen LogP contribution in [0.4, 0.5) is 0 Å². The number of allylic oxidation sites excluding steroid dienone is 1. The molecule has 0 bridgehead atoms. The molecule has 1 aromatic carbocycles. The van der Waals surface area contributed by atoms with Crippen molar-refractivity contribution in [3.05, 3.63) is 47.5 Å². The number of Topliss-reactive ketones (excluding diaryl/α,β-unsaturated/α-hetero) is 1. The number of hydrogen-bond donors (Lipinski definition) is 0. The number of ether oxygens (including phenoxy) is 2. The van der Waals surface area contributed by atoms with Crippen molar-refractivity contribution in [2.24, 2.45) is 0 Å². The summed E-state index contributed by atoms with van der Waals surface area (Å²) in [6.07, 6.45) is 12.0. The third-order valence-electron chi connectivity index (χ3n) is 5.41. The van der Waals surface area contributed by atoms with Gasteiger partial charge < -0.3 is 9.47 Å². The van der Waals surface area contributed by atoms with Crippen molar-refractivity contribution in [3.8, 4) is 11.8 Å². The quantitative estimate of drug-likeness (QED) is 0.147. The summed E-state index contributed by atoms with van der Waals surface area (Å²) in [5.74, 6) is 5.82. The van der Waals surface area contributed by atoms with Crippen LogP contribution in [0.5, 0.6) is 0 Å². The van der Waals surface area contributed by atoms with Crippen LogP contribution < -0.4 is 0 Å². The van der Waals surface area contributed by atoms with Gasteiger partial charge in [0.1, 0.15) is 0 Å². The van der Waals surface area contributed by atoms with E-state index in [0.717, 1.165) is 49.8 Å². The molecule has 1 aliphatic heterocycles. The average Bonchev–Trinajstić information content (AvgIpc) is 2.73. The summed E-state index contributed by atoms with van der Waals surface area (Å²) >= 11 is 0. The molecule has 29 heavy (non-hydrogen) atoms. The minimum Gasteiger partial charge on any atom is -0.353 e. The third-order valence-corrected chi connectivity index (χ3v) is 5.41. The maximum Gasteiger partial charge on any atom is 0.236 e. The van der Waals surface area contributed by atoms with E-state index in [9.17, 15) is 4.79 Å². The van der Waals surface area contributed by atoms with Crippen molar-refractivity contribution >= 4 is 5.78 Å². The van der Waals surface area contributed by atoms with Crippen LogP contribution >= 0.6 is 0 Å². The van der Waals surface area contributed by atoms with Crippen molar-refractivity contribution in [1.82, 2.24) is 0 Å². The Morgan fingerprint density at radius 2 is 2.21 bits per heavy atom. The number of unbranched alkanes of at least 4 members (excludes halogenated alkanes) is 2. The fraction of sp³-hybridized carbons (Fsp3) is 0.577. The molecule has 158 valence electrons. The number of benzene rings is 1. The zero-order chi connectivity index (χ0) is 20.9. The van der Waals surface area contributed by atoms with Crippen molar-refractivity contribution in [2.45, 2.75) is 90.4 Å². The van der Waals surface area contributed by atoms with Crippen molar-refractivity contribution in [3.63, 3.8) is 0 Å². The predicted molar refractivity (Wildman–Crippen MR) is 119 cm³/mol. The summed E-state index contributed by atoms with van der Waals surface area (Å²) in [5.41, 5.74) is 2.83. The number of carbonyl (C=O) groups is 1. The number of carbonyl (C=O) groups excluding carboxylic acids is 1. The van der Waals surface area contributed by atoms with E-state index in [1.165, 1.54) is 19.3 Å². The van der Waals surface area contributed by atoms with E-state index in [2.05, 4.69) is 25.3 Å². The van der Waals surface area contributed by atoms with Crippen LogP contribution in [0.15, 0.2) is 30.9 Å². The molecule has 1 heterocycles. The highest BCUT2D eigenvalue weighted by Crippen LogP contribution is 2.20.